The molecule has 0 aliphatic carbocycles. The normalized spacial score (nSPS) is 11.7. The predicted molar refractivity (Wildman–Crippen MR) is 94.8 cm³/mol. The minimum absolute atomic E-state index is 0.195. The highest BCUT2D eigenvalue weighted by atomic mass is 35.5. The summed E-state index contributed by atoms with van der Waals surface area (Å²) in [6.45, 7) is 2.24. The predicted octanol–water partition coefficient (Wildman–Crippen LogP) is 6.96. The molecule has 0 aliphatic heterocycles. The van der Waals surface area contributed by atoms with Crippen LogP contribution in [0.1, 0.15) is 90.4 Å². The summed E-state index contributed by atoms with van der Waals surface area (Å²) in [5.41, 5.74) is 0. The van der Waals surface area contributed by atoms with Gasteiger partial charge in [0.25, 0.3) is 0 Å². The molecule has 0 unspecified atom stereocenters. The van der Waals surface area contributed by atoms with Gasteiger partial charge >= 0.3 is 0 Å². The minimum atomic E-state index is -0.195. The molecule has 21 heavy (non-hydrogen) atoms. The molecule has 0 spiro atoms. The smallest absolute Gasteiger partial charge is 0.221 e. The minimum Gasteiger partial charge on any atom is -0.281 e. The summed E-state index contributed by atoms with van der Waals surface area (Å²) in [6.07, 6.45) is 24.4. The molecule has 0 fully saturated rings. The van der Waals surface area contributed by atoms with E-state index in [9.17, 15) is 4.79 Å². The van der Waals surface area contributed by atoms with Crippen molar-refractivity contribution in [2.45, 2.75) is 90.4 Å². The van der Waals surface area contributed by atoms with E-state index in [4.69, 9.17) is 11.6 Å². The van der Waals surface area contributed by atoms with Crippen LogP contribution in [0.15, 0.2) is 24.3 Å². The van der Waals surface area contributed by atoms with E-state index in [1.165, 1.54) is 57.8 Å². The van der Waals surface area contributed by atoms with E-state index in [-0.39, 0.29) is 5.24 Å². The number of hydrogen-bond acceptors (Lipinski definition) is 1. The van der Waals surface area contributed by atoms with Crippen molar-refractivity contribution < 1.29 is 4.79 Å². The van der Waals surface area contributed by atoms with E-state index in [2.05, 4.69) is 31.2 Å². The second-order valence-electron chi connectivity index (χ2n) is 5.69. The van der Waals surface area contributed by atoms with Gasteiger partial charge < -0.3 is 0 Å². The molecule has 0 rings (SSSR count). The number of carbonyl (C=O) groups excluding carboxylic acids is 1. The van der Waals surface area contributed by atoms with Crippen LogP contribution < -0.4 is 0 Å². The second kappa shape index (κ2) is 17.5. The molecular formula is C19H33ClO. The van der Waals surface area contributed by atoms with Crippen LogP contribution in [0.2, 0.25) is 0 Å². The molecule has 122 valence electrons. The summed E-state index contributed by atoms with van der Waals surface area (Å²) in [5.74, 6) is 0. The van der Waals surface area contributed by atoms with Gasteiger partial charge in [0.05, 0.1) is 0 Å². The zero-order valence-corrected chi connectivity index (χ0v) is 14.5. The standard InChI is InChI=1S/C19H33ClO/c1-2-3-4-5-6-7-8-9-10-11-12-13-14-15-16-17-18-19(20)21/h6-7,9-10H,2-5,8,11-18H2,1H3. The molecular weight excluding hydrogens is 280 g/mol. The summed E-state index contributed by atoms with van der Waals surface area (Å²) in [4.78, 5) is 10.5. The molecule has 0 aromatic carbocycles. The number of allylic oxidation sites excluding steroid dienone is 4. The van der Waals surface area contributed by atoms with Gasteiger partial charge in [-0.15, -0.1) is 0 Å². The zero-order valence-electron chi connectivity index (χ0n) is 13.8. The Kier molecular flexibility index (Phi) is 17.0. The third-order valence-electron chi connectivity index (χ3n) is 3.57. The van der Waals surface area contributed by atoms with Crippen molar-refractivity contribution in [3.05, 3.63) is 24.3 Å². The maximum absolute atomic E-state index is 10.5. The molecule has 0 saturated heterocycles. The van der Waals surface area contributed by atoms with Crippen molar-refractivity contribution in [3.8, 4) is 0 Å². The number of carbonyl (C=O) groups is 1. The molecule has 0 aliphatic rings. The summed E-state index contributed by atoms with van der Waals surface area (Å²) < 4.78 is 0. The van der Waals surface area contributed by atoms with Crippen molar-refractivity contribution in [3.63, 3.8) is 0 Å². The highest BCUT2D eigenvalue weighted by Gasteiger charge is 1.95. The monoisotopic (exact) mass is 312 g/mol. The molecule has 0 atom stereocenters. The van der Waals surface area contributed by atoms with E-state index >= 15 is 0 Å². The Morgan fingerprint density at radius 2 is 1.29 bits per heavy atom. The maximum Gasteiger partial charge on any atom is 0.221 e. The van der Waals surface area contributed by atoms with Crippen molar-refractivity contribution in [1.82, 2.24) is 0 Å². The van der Waals surface area contributed by atoms with Crippen molar-refractivity contribution >= 4 is 16.8 Å². The van der Waals surface area contributed by atoms with Gasteiger partial charge in [0.1, 0.15) is 0 Å². The Morgan fingerprint density at radius 3 is 1.86 bits per heavy atom. The largest absolute Gasteiger partial charge is 0.281 e. The van der Waals surface area contributed by atoms with E-state index in [0.29, 0.717) is 6.42 Å². The lowest BCUT2D eigenvalue weighted by Gasteiger charge is -1.99. The fraction of sp³-hybridized carbons (Fsp3) is 0.737. The van der Waals surface area contributed by atoms with Crippen molar-refractivity contribution in [2.75, 3.05) is 0 Å². The second-order valence-corrected chi connectivity index (χ2v) is 6.11. The lowest BCUT2D eigenvalue weighted by Crippen LogP contribution is -1.86. The van der Waals surface area contributed by atoms with Crippen LogP contribution in [-0.2, 0) is 4.79 Å². The van der Waals surface area contributed by atoms with Crippen molar-refractivity contribution in [2.24, 2.45) is 0 Å². The van der Waals surface area contributed by atoms with Crippen LogP contribution in [0.25, 0.3) is 0 Å². The Balaban J connectivity index is 3.16. The van der Waals surface area contributed by atoms with Crippen LogP contribution >= 0.6 is 11.6 Å². The lowest BCUT2D eigenvalue weighted by molar-refractivity contribution is -0.111. The van der Waals surface area contributed by atoms with Gasteiger partial charge in [-0.1, -0.05) is 69.8 Å². The quantitative estimate of drug-likeness (QED) is 0.181. The van der Waals surface area contributed by atoms with Crippen LogP contribution in [0.3, 0.4) is 0 Å². The highest BCUT2D eigenvalue weighted by molar-refractivity contribution is 6.63. The molecule has 0 N–H and O–H groups in total. The first-order valence-electron chi connectivity index (χ1n) is 8.75. The number of unbranched alkanes of at least 4 members (excludes halogenated alkanes) is 9. The Labute approximate surface area is 136 Å². The molecule has 1 nitrogen and oxygen atoms in total. The van der Waals surface area contributed by atoms with Crippen LogP contribution in [0, 0.1) is 0 Å². The molecule has 2 heteroatoms. The van der Waals surface area contributed by atoms with Crippen LogP contribution in [0.4, 0.5) is 0 Å². The summed E-state index contributed by atoms with van der Waals surface area (Å²) >= 11 is 5.29. The SMILES string of the molecule is CCCCCC=CCC=CCCCCCCCCC(=O)Cl. The van der Waals surface area contributed by atoms with E-state index in [1.807, 2.05) is 0 Å². The van der Waals surface area contributed by atoms with Crippen molar-refractivity contribution in [1.29, 1.82) is 0 Å². The zero-order chi connectivity index (χ0) is 15.6. The van der Waals surface area contributed by atoms with Gasteiger partial charge in [0.2, 0.25) is 5.24 Å². The molecule has 0 radical (unpaired) electrons. The third-order valence-corrected chi connectivity index (χ3v) is 3.76. The first kappa shape index (κ1) is 20.4. The van der Waals surface area contributed by atoms with E-state index < -0.39 is 0 Å². The van der Waals surface area contributed by atoms with Crippen LogP contribution in [0.5, 0.6) is 0 Å². The van der Waals surface area contributed by atoms with E-state index in [0.717, 1.165) is 19.3 Å². The maximum atomic E-state index is 10.5. The summed E-state index contributed by atoms with van der Waals surface area (Å²) in [7, 11) is 0. The van der Waals surface area contributed by atoms with Gasteiger partial charge in [-0.25, -0.2) is 0 Å². The number of rotatable bonds is 15. The fourth-order valence-corrected chi connectivity index (χ4v) is 2.39. The average molecular weight is 313 g/mol. The molecule has 0 bridgehead atoms. The van der Waals surface area contributed by atoms with Gasteiger partial charge in [-0.3, -0.25) is 4.79 Å². The Hall–Kier alpha value is -0.560. The van der Waals surface area contributed by atoms with Gasteiger partial charge in [0.15, 0.2) is 0 Å². The van der Waals surface area contributed by atoms with Gasteiger partial charge in [-0.2, -0.15) is 0 Å². The highest BCUT2D eigenvalue weighted by Crippen LogP contribution is 2.10. The molecule has 0 amide bonds. The average Bonchev–Trinajstić information content (AvgIpc) is 2.46. The van der Waals surface area contributed by atoms with Gasteiger partial charge in [-0.05, 0) is 50.1 Å². The number of halogens is 1. The van der Waals surface area contributed by atoms with Crippen LogP contribution in [-0.4, -0.2) is 5.24 Å². The molecule has 0 saturated carbocycles. The molecule has 0 aromatic rings. The first-order chi connectivity index (χ1) is 10.3. The fourth-order valence-electron chi connectivity index (χ4n) is 2.25. The lowest BCUT2D eigenvalue weighted by atomic mass is 10.1. The third kappa shape index (κ3) is 19.4. The Bertz CT molecular complexity index is 281. The molecule has 0 aromatic heterocycles. The first-order valence-corrected chi connectivity index (χ1v) is 9.13. The van der Waals surface area contributed by atoms with Gasteiger partial charge in [0, 0.05) is 6.42 Å². The number of hydrogen-bond donors (Lipinski definition) is 0. The summed E-state index contributed by atoms with van der Waals surface area (Å²) in [5, 5.41) is -0.195. The molecule has 0 heterocycles. The topological polar surface area (TPSA) is 17.1 Å². The van der Waals surface area contributed by atoms with E-state index in [1.54, 1.807) is 0 Å². The summed E-state index contributed by atoms with van der Waals surface area (Å²) in [6, 6.07) is 0. The Morgan fingerprint density at radius 1 is 0.762 bits per heavy atom.